The van der Waals surface area contributed by atoms with E-state index in [9.17, 15) is 0 Å². The van der Waals surface area contributed by atoms with Crippen LogP contribution in [0.5, 0.6) is 0 Å². The normalized spacial score (nSPS) is 21.8. The first-order valence-corrected chi connectivity index (χ1v) is 9.91. The number of hydrogen-bond acceptors (Lipinski definition) is 4. The Labute approximate surface area is 157 Å². The zero-order valence-electron chi connectivity index (χ0n) is 13.6. The van der Waals surface area contributed by atoms with Crippen LogP contribution >= 0.6 is 35.0 Å². The molecule has 0 atom stereocenters. The van der Waals surface area contributed by atoms with Gasteiger partial charge in [-0.15, -0.1) is 0 Å². The molecule has 6 heteroatoms. The van der Waals surface area contributed by atoms with Gasteiger partial charge in [0.2, 0.25) is 0 Å². The van der Waals surface area contributed by atoms with Crippen LogP contribution in [0.1, 0.15) is 31.2 Å². The van der Waals surface area contributed by atoms with E-state index in [1.165, 1.54) is 22.6 Å². The highest BCUT2D eigenvalue weighted by Gasteiger charge is 2.49. The molecule has 1 saturated carbocycles. The summed E-state index contributed by atoms with van der Waals surface area (Å²) in [6.07, 6.45) is 4.49. The van der Waals surface area contributed by atoms with Gasteiger partial charge >= 0.3 is 0 Å². The van der Waals surface area contributed by atoms with Gasteiger partial charge in [-0.1, -0.05) is 47.5 Å². The number of hydrogen-bond donors (Lipinski definition) is 0. The molecular weight excluding hydrogens is 363 g/mol. The van der Waals surface area contributed by atoms with Crippen LogP contribution in [0.25, 0.3) is 0 Å². The van der Waals surface area contributed by atoms with Gasteiger partial charge < -0.3 is 9.64 Å². The molecule has 2 aliphatic heterocycles. The Hall–Kier alpha value is -0.680. The van der Waals surface area contributed by atoms with Crippen molar-refractivity contribution in [3.8, 4) is 0 Å². The molecule has 0 radical (unpaired) electrons. The molecule has 3 aliphatic rings. The second-order valence-corrected chi connectivity index (χ2v) is 8.37. The number of methoxy groups -OCH3 is 1. The predicted octanol–water partition coefficient (Wildman–Crippen LogP) is 5.08. The van der Waals surface area contributed by atoms with E-state index in [-0.39, 0.29) is 5.41 Å². The fraction of sp³-hybridized carbons (Fsp3) is 0.500. The van der Waals surface area contributed by atoms with Crippen LogP contribution in [-0.4, -0.2) is 36.9 Å². The number of fused-ring (bicyclic) bond motifs is 1. The molecule has 128 valence electrons. The summed E-state index contributed by atoms with van der Waals surface area (Å²) in [5.74, 6) is 0. The lowest BCUT2D eigenvalue weighted by Gasteiger charge is -2.46. The molecule has 2 heterocycles. The van der Waals surface area contributed by atoms with Gasteiger partial charge in [-0.05, 0) is 30.5 Å². The third-order valence-electron chi connectivity index (χ3n) is 5.22. The number of ether oxygens (including phenoxy) is 1. The van der Waals surface area contributed by atoms with Gasteiger partial charge in [0, 0.05) is 36.1 Å². The Balaban J connectivity index is 1.79. The van der Waals surface area contributed by atoms with E-state index in [1.807, 2.05) is 17.8 Å². The molecule has 3 nitrogen and oxygen atoms in total. The number of rotatable bonds is 5. The Kier molecular flexibility index (Phi) is 4.59. The summed E-state index contributed by atoms with van der Waals surface area (Å²) in [6, 6.07) is 6.12. The van der Waals surface area contributed by atoms with Crippen LogP contribution in [0, 0.1) is 0 Å². The molecule has 0 saturated heterocycles. The van der Waals surface area contributed by atoms with E-state index in [4.69, 9.17) is 27.9 Å². The molecule has 1 aromatic rings. The second kappa shape index (κ2) is 6.56. The summed E-state index contributed by atoms with van der Waals surface area (Å²) in [6.45, 7) is 2.61. The van der Waals surface area contributed by atoms with Gasteiger partial charge in [-0.25, -0.2) is 0 Å². The zero-order chi connectivity index (χ0) is 16.7. The first kappa shape index (κ1) is 16.8. The van der Waals surface area contributed by atoms with Crippen molar-refractivity contribution in [3.05, 3.63) is 44.4 Å². The molecule has 0 spiro atoms. The largest absolute Gasteiger partial charge is 0.384 e. The molecule has 0 N–H and O–H groups in total. The van der Waals surface area contributed by atoms with Crippen LogP contribution in [-0.2, 0) is 10.2 Å². The highest BCUT2D eigenvalue weighted by molar-refractivity contribution is 8.17. The van der Waals surface area contributed by atoms with Crippen molar-refractivity contribution >= 4 is 40.1 Å². The Morgan fingerprint density at radius 3 is 2.79 bits per heavy atom. The van der Waals surface area contributed by atoms with E-state index in [0.717, 1.165) is 44.1 Å². The Morgan fingerprint density at radius 1 is 1.29 bits per heavy atom. The number of benzene rings is 1. The fourth-order valence-electron chi connectivity index (χ4n) is 3.91. The van der Waals surface area contributed by atoms with Crippen molar-refractivity contribution in [2.75, 3.05) is 26.8 Å². The standard InChI is InChI=1S/C18H20Cl2N2OS/c1-23-10-5-15-16(22-9-8-21-17(22)24-15)18(6-2-7-18)12-3-4-13(19)14(20)11-12/h3-4,11H,2,5-10H2,1H3. The Morgan fingerprint density at radius 2 is 2.12 bits per heavy atom. The lowest BCUT2D eigenvalue weighted by atomic mass is 9.62. The van der Waals surface area contributed by atoms with Crippen LogP contribution in [0.2, 0.25) is 10.0 Å². The van der Waals surface area contributed by atoms with Gasteiger partial charge in [0.15, 0.2) is 5.17 Å². The van der Waals surface area contributed by atoms with Crippen LogP contribution < -0.4 is 0 Å². The third-order valence-corrected chi connectivity index (χ3v) is 7.13. The van der Waals surface area contributed by atoms with Gasteiger partial charge in [0.25, 0.3) is 0 Å². The quantitative estimate of drug-likeness (QED) is 0.709. The molecule has 24 heavy (non-hydrogen) atoms. The molecular formula is C18H20Cl2N2OS. The van der Waals surface area contributed by atoms with Crippen LogP contribution in [0.15, 0.2) is 33.8 Å². The van der Waals surface area contributed by atoms with Crippen molar-refractivity contribution in [1.29, 1.82) is 0 Å². The topological polar surface area (TPSA) is 24.8 Å². The number of aliphatic imine (C=N–C) groups is 1. The summed E-state index contributed by atoms with van der Waals surface area (Å²) < 4.78 is 5.33. The van der Waals surface area contributed by atoms with E-state index in [2.05, 4.69) is 22.0 Å². The minimum atomic E-state index is 0.0475. The Bertz CT molecular complexity index is 728. The summed E-state index contributed by atoms with van der Waals surface area (Å²) in [5.41, 5.74) is 2.76. The van der Waals surface area contributed by atoms with Crippen molar-refractivity contribution in [2.45, 2.75) is 31.1 Å². The van der Waals surface area contributed by atoms with E-state index < -0.39 is 0 Å². The first-order chi connectivity index (χ1) is 11.7. The first-order valence-electron chi connectivity index (χ1n) is 8.34. The van der Waals surface area contributed by atoms with Crippen molar-refractivity contribution in [2.24, 2.45) is 4.99 Å². The fourth-order valence-corrected chi connectivity index (χ4v) is 5.46. The number of halogens is 2. The van der Waals surface area contributed by atoms with Crippen molar-refractivity contribution < 1.29 is 4.74 Å². The van der Waals surface area contributed by atoms with Crippen LogP contribution in [0.4, 0.5) is 0 Å². The maximum Gasteiger partial charge on any atom is 0.168 e. The number of amidine groups is 1. The molecule has 0 amide bonds. The third kappa shape index (κ3) is 2.59. The van der Waals surface area contributed by atoms with E-state index in [1.54, 1.807) is 7.11 Å². The zero-order valence-corrected chi connectivity index (χ0v) is 16.0. The van der Waals surface area contributed by atoms with Crippen LogP contribution in [0.3, 0.4) is 0 Å². The molecule has 0 unspecified atom stereocenters. The predicted molar refractivity (Wildman–Crippen MR) is 102 cm³/mol. The van der Waals surface area contributed by atoms with Gasteiger partial charge in [-0.3, -0.25) is 4.99 Å². The molecule has 1 aromatic carbocycles. The second-order valence-electron chi connectivity index (χ2n) is 6.50. The maximum absolute atomic E-state index is 6.33. The number of allylic oxidation sites excluding steroid dienone is 1. The van der Waals surface area contributed by atoms with Crippen molar-refractivity contribution in [3.63, 3.8) is 0 Å². The minimum absolute atomic E-state index is 0.0475. The molecule has 1 fully saturated rings. The summed E-state index contributed by atoms with van der Waals surface area (Å²) in [5, 5.41) is 2.41. The van der Waals surface area contributed by atoms with E-state index >= 15 is 0 Å². The number of thioether (sulfide) groups is 1. The smallest absolute Gasteiger partial charge is 0.168 e. The minimum Gasteiger partial charge on any atom is -0.384 e. The van der Waals surface area contributed by atoms with Gasteiger partial charge in [-0.2, -0.15) is 0 Å². The molecule has 0 aromatic heterocycles. The average Bonchev–Trinajstić information content (AvgIpc) is 3.10. The monoisotopic (exact) mass is 382 g/mol. The lowest BCUT2D eigenvalue weighted by molar-refractivity contribution is 0.201. The van der Waals surface area contributed by atoms with Gasteiger partial charge in [0.1, 0.15) is 0 Å². The molecule has 1 aliphatic carbocycles. The maximum atomic E-state index is 6.33. The molecule has 4 rings (SSSR count). The van der Waals surface area contributed by atoms with E-state index in [0.29, 0.717) is 10.0 Å². The number of nitrogens with zero attached hydrogens (tertiary/aromatic N) is 2. The SMILES string of the molecule is COCCC1=C(C2(c3ccc(Cl)c(Cl)c3)CCC2)N2CCN=C2S1. The van der Waals surface area contributed by atoms with Crippen molar-refractivity contribution in [1.82, 2.24) is 4.90 Å². The summed E-state index contributed by atoms with van der Waals surface area (Å²) in [7, 11) is 1.76. The highest BCUT2D eigenvalue weighted by Crippen LogP contribution is 2.56. The average molecular weight is 383 g/mol. The lowest BCUT2D eigenvalue weighted by Crippen LogP contribution is -2.43. The molecule has 0 bridgehead atoms. The summed E-state index contributed by atoms with van der Waals surface area (Å²) in [4.78, 5) is 8.51. The highest BCUT2D eigenvalue weighted by atomic mass is 35.5. The van der Waals surface area contributed by atoms with Gasteiger partial charge in [0.05, 0.1) is 23.2 Å². The summed E-state index contributed by atoms with van der Waals surface area (Å²) >= 11 is 14.3.